The number of rotatable bonds is 3. The lowest BCUT2D eigenvalue weighted by molar-refractivity contribution is 0.303. The van der Waals surface area contributed by atoms with Crippen molar-refractivity contribution in [2.45, 2.75) is 13.8 Å². The van der Waals surface area contributed by atoms with Crippen LogP contribution >= 0.6 is 22.6 Å². The number of nitrogens with one attached hydrogen (secondary N) is 2. The maximum Gasteiger partial charge on any atom is 0.146 e. The Labute approximate surface area is 159 Å². The van der Waals surface area contributed by atoms with Gasteiger partial charge in [0.25, 0.3) is 0 Å². The van der Waals surface area contributed by atoms with E-state index in [4.69, 9.17) is 9.73 Å². The smallest absolute Gasteiger partial charge is 0.146 e. The number of aromatic amines is 2. The number of aliphatic imine (C=N–C) groups is 1. The molecule has 0 atom stereocenters. The van der Waals surface area contributed by atoms with E-state index >= 15 is 0 Å². The molecule has 0 bridgehead atoms. The summed E-state index contributed by atoms with van der Waals surface area (Å²) < 4.78 is 6.80. The fraction of sp³-hybridized carbons (Fsp3) is 0.150. The molecule has 4 nitrogen and oxygen atoms in total. The molecule has 25 heavy (non-hydrogen) atoms. The molecule has 2 N–H and O–H groups in total. The Morgan fingerprint density at radius 2 is 1.96 bits per heavy atom. The summed E-state index contributed by atoms with van der Waals surface area (Å²) in [6.45, 7) is 4.20. The number of aromatic nitrogens is 2. The largest absolute Gasteiger partial charge is 0.494 e. The Kier molecular flexibility index (Phi) is 4.03. The van der Waals surface area contributed by atoms with Gasteiger partial charge in [-0.05, 0) is 60.2 Å². The molecule has 0 saturated carbocycles. The van der Waals surface area contributed by atoms with Crippen molar-refractivity contribution in [3.05, 3.63) is 74.1 Å². The standard InChI is InChI=1S/C20H18IN3O/c1-11-15(22-12(2)20(11)21)9-18-19(25-3)10-17(24-18)16-8-13-6-4-5-7-14(13)23-16/h4-10,22-23H,1-3H3/b18-9-. The summed E-state index contributed by atoms with van der Waals surface area (Å²) in [5.74, 6) is 0.773. The number of para-hydroxylation sites is 1. The minimum atomic E-state index is 0.773. The number of H-pyrrole nitrogens is 2. The zero-order valence-corrected chi connectivity index (χ0v) is 16.4. The van der Waals surface area contributed by atoms with Crippen LogP contribution in [0.3, 0.4) is 0 Å². The molecule has 4 rings (SSSR count). The summed E-state index contributed by atoms with van der Waals surface area (Å²) in [5.41, 5.74) is 7.29. The van der Waals surface area contributed by atoms with E-state index in [9.17, 15) is 0 Å². The second kappa shape index (κ2) is 6.22. The summed E-state index contributed by atoms with van der Waals surface area (Å²) in [6, 6.07) is 10.3. The highest BCUT2D eigenvalue weighted by molar-refractivity contribution is 14.1. The third-order valence-corrected chi connectivity index (χ3v) is 6.07. The van der Waals surface area contributed by atoms with E-state index in [1.54, 1.807) is 7.11 Å². The van der Waals surface area contributed by atoms with Crippen LogP contribution in [0.5, 0.6) is 0 Å². The Morgan fingerprint density at radius 1 is 1.16 bits per heavy atom. The van der Waals surface area contributed by atoms with Crippen molar-refractivity contribution in [2.75, 3.05) is 7.11 Å². The van der Waals surface area contributed by atoms with Crippen molar-refractivity contribution >= 4 is 45.3 Å². The Bertz CT molecular complexity index is 1030. The van der Waals surface area contributed by atoms with E-state index in [0.29, 0.717) is 0 Å². The van der Waals surface area contributed by atoms with Gasteiger partial charge in [-0.2, -0.15) is 0 Å². The van der Waals surface area contributed by atoms with Crippen LogP contribution in [-0.4, -0.2) is 22.8 Å². The Balaban J connectivity index is 1.77. The molecule has 0 spiro atoms. The lowest BCUT2D eigenvalue weighted by atomic mass is 10.2. The molecule has 126 valence electrons. The second-order valence-electron chi connectivity index (χ2n) is 6.11. The van der Waals surface area contributed by atoms with Gasteiger partial charge in [0.2, 0.25) is 0 Å². The average Bonchev–Trinajstić information content (AvgIpc) is 3.28. The van der Waals surface area contributed by atoms with Crippen LogP contribution in [0.2, 0.25) is 0 Å². The van der Waals surface area contributed by atoms with Crippen molar-refractivity contribution < 1.29 is 4.74 Å². The van der Waals surface area contributed by atoms with Crippen LogP contribution < -0.4 is 0 Å². The molecule has 0 amide bonds. The molecule has 3 heterocycles. The molecular weight excluding hydrogens is 425 g/mol. The number of allylic oxidation sites excluding steroid dienone is 1. The van der Waals surface area contributed by atoms with E-state index in [1.807, 2.05) is 18.2 Å². The number of methoxy groups -OCH3 is 1. The first-order valence-corrected chi connectivity index (χ1v) is 9.14. The van der Waals surface area contributed by atoms with Gasteiger partial charge in [0.05, 0.1) is 18.5 Å². The molecule has 0 saturated heterocycles. The monoisotopic (exact) mass is 443 g/mol. The minimum Gasteiger partial charge on any atom is -0.494 e. The number of aryl methyl sites for hydroxylation is 1. The maximum atomic E-state index is 5.55. The summed E-state index contributed by atoms with van der Waals surface area (Å²) in [5, 5.41) is 1.18. The number of benzene rings is 1. The number of hydrogen-bond donors (Lipinski definition) is 2. The van der Waals surface area contributed by atoms with E-state index in [1.165, 1.54) is 20.2 Å². The van der Waals surface area contributed by atoms with Gasteiger partial charge >= 0.3 is 0 Å². The topological polar surface area (TPSA) is 53.2 Å². The van der Waals surface area contributed by atoms with Gasteiger partial charge in [0.1, 0.15) is 11.5 Å². The molecule has 0 aliphatic carbocycles. The predicted molar refractivity (Wildman–Crippen MR) is 111 cm³/mol. The van der Waals surface area contributed by atoms with Gasteiger partial charge in [0.15, 0.2) is 0 Å². The highest BCUT2D eigenvalue weighted by Gasteiger charge is 2.19. The molecule has 0 fully saturated rings. The number of hydrogen-bond acceptors (Lipinski definition) is 2. The number of ether oxygens (including phenoxy) is 1. The lowest BCUT2D eigenvalue weighted by Gasteiger charge is -2.01. The van der Waals surface area contributed by atoms with Gasteiger partial charge in [-0.25, -0.2) is 4.99 Å². The van der Waals surface area contributed by atoms with Crippen LogP contribution in [0.4, 0.5) is 0 Å². The van der Waals surface area contributed by atoms with Crippen molar-refractivity contribution in [3.8, 4) is 0 Å². The Morgan fingerprint density at radius 3 is 2.64 bits per heavy atom. The summed E-state index contributed by atoms with van der Waals surface area (Å²) in [7, 11) is 1.68. The fourth-order valence-electron chi connectivity index (χ4n) is 3.06. The van der Waals surface area contributed by atoms with E-state index < -0.39 is 0 Å². The summed E-state index contributed by atoms with van der Waals surface area (Å²) in [6.07, 6.45) is 4.03. The van der Waals surface area contributed by atoms with Crippen molar-refractivity contribution in [2.24, 2.45) is 4.99 Å². The van der Waals surface area contributed by atoms with Gasteiger partial charge in [-0.1, -0.05) is 18.2 Å². The summed E-state index contributed by atoms with van der Waals surface area (Å²) >= 11 is 2.36. The lowest BCUT2D eigenvalue weighted by Crippen LogP contribution is -1.93. The normalized spacial score (nSPS) is 15.8. The first-order valence-electron chi connectivity index (χ1n) is 8.06. The minimum absolute atomic E-state index is 0.773. The van der Waals surface area contributed by atoms with Crippen molar-refractivity contribution in [1.82, 2.24) is 9.97 Å². The number of nitrogens with zero attached hydrogens (tertiary/aromatic N) is 1. The van der Waals surface area contributed by atoms with Crippen LogP contribution in [0.1, 0.15) is 22.6 Å². The maximum absolute atomic E-state index is 5.55. The second-order valence-corrected chi connectivity index (χ2v) is 7.19. The zero-order valence-electron chi connectivity index (χ0n) is 14.3. The molecule has 3 aromatic rings. The Hall–Kier alpha value is -2.28. The molecular formula is C20H18IN3O. The highest BCUT2D eigenvalue weighted by Crippen LogP contribution is 2.28. The molecule has 2 aromatic heterocycles. The van der Waals surface area contributed by atoms with Crippen LogP contribution in [0.15, 0.2) is 52.9 Å². The number of fused-ring (bicyclic) bond motifs is 1. The number of halogens is 1. The first-order chi connectivity index (χ1) is 12.1. The molecule has 0 radical (unpaired) electrons. The predicted octanol–water partition coefficient (Wildman–Crippen LogP) is 5.09. The molecule has 1 aliphatic rings. The third-order valence-electron chi connectivity index (χ3n) is 4.45. The fourth-order valence-corrected chi connectivity index (χ4v) is 3.49. The van der Waals surface area contributed by atoms with Gasteiger partial charge in [-0.3, -0.25) is 0 Å². The van der Waals surface area contributed by atoms with Gasteiger partial charge < -0.3 is 14.7 Å². The van der Waals surface area contributed by atoms with Crippen molar-refractivity contribution in [3.63, 3.8) is 0 Å². The van der Waals surface area contributed by atoms with Crippen LogP contribution in [-0.2, 0) is 4.74 Å². The SMILES string of the molecule is COC1=CC(c2cc3ccccc3[nH]2)=N/C1=C\c1[nH]c(C)c(I)c1C. The van der Waals surface area contributed by atoms with Crippen molar-refractivity contribution in [1.29, 1.82) is 0 Å². The van der Waals surface area contributed by atoms with E-state index in [2.05, 4.69) is 70.7 Å². The molecule has 0 unspecified atom stereocenters. The summed E-state index contributed by atoms with van der Waals surface area (Å²) in [4.78, 5) is 11.6. The van der Waals surface area contributed by atoms with Crippen LogP contribution in [0, 0.1) is 17.4 Å². The first kappa shape index (κ1) is 16.2. The molecule has 1 aliphatic heterocycles. The third kappa shape index (κ3) is 2.82. The van der Waals surface area contributed by atoms with Gasteiger partial charge in [0, 0.05) is 31.9 Å². The van der Waals surface area contributed by atoms with E-state index in [0.717, 1.165) is 34.1 Å². The average molecular weight is 443 g/mol. The zero-order chi connectivity index (χ0) is 17.6. The highest BCUT2D eigenvalue weighted by atomic mass is 127. The van der Waals surface area contributed by atoms with E-state index in [-0.39, 0.29) is 0 Å². The molecule has 5 heteroatoms. The van der Waals surface area contributed by atoms with Crippen LogP contribution in [0.25, 0.3) is 17.0 Å². The quantitative estimate of drug-likeness (QED) is 0.545. The van der Waals surface area contributed by atoms with Gasteiger partial charge in [-0.15, -0.1) is 0 Å². The molecule has 1 aromatic carbocycles.